The van der Waals surface area contributed by atoms with Gasteiger partial charge in [-0.15, -0.1) is 5.10 Å². The van der Waals surface area contributed by atoms with Crippen molar-refractivity contribution < 1.29 is 14.2 Å². The lowest BCUT2D eigenvalue weighted by atomic mass is 10.2. The van der Waals surface area contributed by atoms with Crippen molar-refractivity contribution in [2.24, 2.45) is 5.10 Å². The van der Waals surface area contributed by atoms with Crippen molar-refractivity contribution >= 4 is 41.1 Å². The van der Waals surface area contributed by atoms with Gasteiger partial charge in [0.15, 0.2) is 5.69 Å². The number of nitrogens with one attached hydrogen (secondary N) is 1. The highest BCUT2D eigenvalue weighted by atomic mass is 35.5. The summed E-state index contributed by atoms with van der Waals surface area (Å²) in [5, 5.41) is 20.2. The number of nitrogen functional groups attached to an aromatic ring is 1. The first kappa shape index (κ1) is 21.2. The largest absolute Gasteiger partial charge is 0.379 e. The second kappa shape index (κ2) is 9.39. The summed E-state index contributed by atoms with van der Waals surface area (Å²) in [6.07, 6.45) is 1.40. The van der Waals surface area contributed by atoms with Crippen LogP contribution in [0, 0.1) is 0 Å². The minimum atomic E-state index is -0.564. The molecule has 0 radical (unpaired) electrons. The number of carbonyl (C=O) groups excluding carboxylic acids is 1. The van der Waals surface area contributed by atoms with Gasteiger partial charge in [-0.3, -0.25) is 9.69 Å². The molecule has 1 fully saturated rings. The van der Waals surface area contributed by atoms with Crippen LogP contribution in [-0.2, 0) is 11.3 Å². The smallest absolute Gasteiger partial charge is 0.293 e. The summed E-state index contributed by atoms with van der Waals surface area (Å²) in [6, 6.07) is 4.93. The van der Waals surface area contributed by atoms with E-state index in [1.165, 1.54) is 10.9 Å². The molecule has 3 N–H and O–H groups in total. The SMILES string of the molecule is Nc1nonc1-n1nnc(C(=O)N/N=C/c2ccc(Cl)cc2Cl)c1CN1CCOCC1. The van der Waals surface area contributed by atoms with Crippen molar-refractivity contribution in [1.82, 2.24) is 35.6 Å². The number of ether oxygens (including phenoxy) is 1. The van der Waals surface area contributed by atoms with Crippen molar-refractivity contribution in [2.75, 3.05) is 32.0 Å². The van der Waals surface area contributed by atoms with Gasteiger partial charge in [-0.25, -0.2) is 10.1 Å². The molecule has 12 nitrogen and oxygen atoms in total. The maximum atomic E-state index is 12.8. The van der Waals surface area contributed by atoms with Gasteiger partial charge in [0.2, 0.25) is 11.6 Å². The van der Waals surface area contributed by atoms with E-state index < -0.39 is 5.91 Å². The molecular formula is C17H17Cl2N9O3. The van der Waals surface area contributed by atoms with Crippen molar-refractivity contribution in [2.45, 2.75) is 6.54 Å². The minimum Gasteiger partial charge on any atom is -0.379 e. The Bertz CT molecular complexity index is 1110. The summed E-state index contributed by atoms with van der Waals surface area (Å²) >= 11 is 12.0. The first-order valence-corrected chi connectivity index (χ1v) is 9.90. The van der Waals surface area contributed by atoms with Crippen molar-refractivity contribution in [3.8, 4) is 5.82 Å². The molecule has 0 saturated carbocycles. The second-order valence-corrected chi connectivity index (χ2v) is 7.37. The van der Waals surface area contributed by atoms with Crippen LogP contribution in [-0.4, -0.2) is 68.6 Å². The highest BCUT2D eigenvalue weighted by molar-refractivity contribution is 6.36. The Balaban J connectivity index is 1.57. The first-order valence-electron chi connectivity index (χ1n) is 9.14. The number of halogens is 2. The van der Waals surface area contributed by atoms with Crippen LogP contribution in [0.1, 0.15) is 21.7 Å². The molecule has 3 aromatic rings. The third-order valence-corrected chi connectivity index (χ3v) is 5.05. The summed E-state index contributed by atoms with van der Waals surface area (Å²) in [6.45, 7) is 2.90. The molecule has 0 bridgehead atoms. The Morgan fingerprint density at radius 2 is 2.10 bits per heavy atom. The molecular weight excluding hydrogens is 449 g/mol. The zero-order valence-electron chi connectivity index (χ0n) is 16.0. The Kier molecular flexibility index (Phi) is 6.42. The summed E-state index contributed by atoms with van der Waals surface area (Å²) in [4.78, 5) is 14.9. The lowest BCUT2D eigenvalue weighted by Crippen LogP contribution is -2.37. The topological polar surface area (TPSA) is 150 Å². The van der Waals surface area contributed by atoms with E-state index in [4.69, 9.17) is 33.7 Å². The molecule has 4 rings (SSSR count). The van der Waals surface area contributed by atoms with E-state index in [0.29, 0.717) is 54.2 Å². The predicted molar refractivity (Wildman–Crippen MR) is 111 cm³/mol. The van der Waals surface area contributed by atoms with E-state index in [0.717, 1.165) is 0 Å². The lowest BCUT2D eigenvalue weighted by Gasteiger charge is -2.26. The maximum absolute atomic E-state index is 12.8. The van der Waals surface area contributed by atoms with Gasteiger partial charge in [0, 0.05) is 30.2 Å². The van der Waals surface area contributed by atoms with Gasteiger partial charge >= 0.3 is 0 Å². The normalized spacial score (nSPS) is 14.9. The number of carbonyl (C=O) groups is 1. The van der Waals surface area contributed by atoms with Crippen LogP contribution in [0.5, 0.6) is 0 Å². The highest BCUT2D eigenvalue weighted by Crippen LogP contribution is 2.20. The quantitative estimate of drug-likeness (QED) is 0.403. The van der Waals surface area contributed by atoms with Gasteiger partial charge in [0.25, 0.3) is 5.91 Å². The van der Waals surface area contributed by atoms with E-state index in [1.54, 1.807) is 18.2 Å². The van der Waals surface area contributed by atoms with Crippen molar-refractivity contribution in [3.05, 3.63) is 45.2 Å². The third-order valence-electron chi connectivity index (χ3n) is 4.48. The number of nitrogens with two attached hydrogens (primary N) is 1. The Morgan fingerprint density at radius 1 is 1.29 bits per heavy atom. The second-order valence-electron chi connectivity index (χ2n) is 6.52. The molecule has 1 aliphatic rings. The van der Waals surface area contributed by atoms with Gasteiger partial charge in [0.1, 0.15) is 0 Å². The number of amides is 1. The van der Waals surface area contributed by atoms with E-state index >= 15 is 0 Å². The van der Waals surface area contributed by atoms with Crippen LogP contribution >= 0.6 is 23.2 Å². The molecule has 0 atom stereocenters. The third kappa shape index (κ3) is 4.82. The molecule has 1 aliphatic heterocycles. The van der Waals surface area contributed by atoms with Gasteiger partial charge in [0.05, 0.1) is 30.1 Å². The molecule has 31 heavy (non-hydrogen) atoms. The fraction of sp³-hybridized carbons (Fsp3) is 0.294. The highest BCUT2D eigenvalue weighted by Gasteiger charge is 2.26. The van der Waals surface area contributed by atoms with Crippen LogP contribution in [0.4, 0.5) is 5.82 Å². The number of hydrogen-bond donors (Lipinski definition) is 2. The molecule has 14 heteroatoms. The number of rotatable bonds is 6. The summed E-state index contributed by atoms with van der Waals surface area (Å²) in [5.74, 6) is -0.396. The summed E-state index contributed by atoms with van der Waals surface area (Å²) in [5.41, 5.74) is 9.33. The number of morpholine rings is 1. The Labute approximate surface area is 185 Å². The number of hydrogen-bond acceptors (Lipinski definition) is 10. The number of benzene rings is 1. The van der Waals surface area contributed by atoms with E-state index in [1.807, 2.05) is 0 Å². The summed E-state index contributed by atoms with van der Waals surface area (Å²) in [7, 11) is 0. The summed E-state index contributed by atoms with van der Waals surface area (Å²) < 4.78 is 11.4. The molecule has 0 spiro atoms. The van der Waals surface area contributed by atoms with Crippen LogP contribution in [0.25, 0.3) is 5.82 Å². The zero-order chi connectivity index (χ0) is 21.8. The fourth-order valence-corrected chi connectivity index (χ4v) is 3.38. The average Bonchev–Trinajstić information content (AvgIpc) is 3.36. The molecule has 0 unspecified atom stereocenters. The predicted octanol–water partition coefficient (Wildman–Crippen LogP) is 1.14. The van der Waals surface area contributed by atoms with Crippen molar-refractivity contribution in [3.63, 3.8) is 0 Å². The van der Waals surface area contributed by atoms with E-state index in [9.17, 15) is 4.79 Å². The molecule has 162 valence electrons. The molecule has 3 heterocycles. The molecule has 1 aromatic carbocycles. The van der Waals surface area contributed by atoms with Crippen LogP contribution < -0.4 is 11.2 Å². The number of hydrazone groups is 1. The Hall–Kier alpha value is -3.06. The molecule has 0 aliphatic carbocycles. The molecule has 1 saturated heterocycles. The van der Waals surface area contributed by atoms with Gasteiger partial charge in [-0.2, -0.15) is 9.78 Å². The van der Waals surface area contributed by atoms with Gasteiger partial charge in [-0.1, -0.05) is 34.5 Å². The lowest BCUT2D eigenvalue weighted by molar-refractivity contribution is 0.0332. The fourth-order valence-electron chi connectivity index (χ4n) is 2.92. The molecule has 1 amide bonds. The van der Waals surface area contributed by atoms with E-state index in [-0.39, 0.29) is 17.3 Å². The number of anilines is 1. The Morgan fingerprint density at radius 3 is 2.81 bits per heavy atom. The standard InChI is InChI=1S/C17H17Cl2N9O3/c18-11-2-1-10(12(19)7-11)8-21-23-17(29)14-13(9-27-3-5-30-6-4-27)28(26-22-14)16-15(20)24-31-25-16/h1-2,7-8H,3-6,9H2,(H2,20,24)(H,23,29)/b21-8+. The first-order chi connectivity index (χ1) is 15.0. The monoisotopic (exact) mass is 465 g/mol. The number of aromatic nitrogens is 5. The average molecular weight is 466 g/mol. The van der Waals surface area contributed by atoms with Crippen LogP contribution in [0.3, 0.4) is 0 Å². The minimum absolute atomic E-state index is 0.0236. The van der Waals surface area contributed by atoms with Crippen LogP contribution in [0.2, 0.25) is 10.0 Å². The van der Waals surface area contributed by atoms with E-state index in [2.05, 4.69) is 40.7 Å². The van der Waals surface area contributed by atoms with Crippen molar-refractivity contribution in [1.29, 1.82) is 0 Å². The van der Waals surface area contributed by atoms with Crippen LogP contribution in [0.15, 0.2) is 27.9 Å². The maximum Gasteiger partial charge on any atom is 0.293 e. The molecule has 2 aromatic heterocycles. The number of nitrogens with zero attached hydrogens (tertiary/aromatic N) is 7. The van der Waals surface area contributed by atoms with Gasteiger partial charge in [-0.05, 0) is 22.4 Å². The van der Waals surface area contributed by atoms with Gasteiger partial charge < -0.3 is 10.5 Å². The zero-order valence-corrected chi connectivity index (χ0v) is 17.5.